The van der Waals surface area contributed by atoms with Gasteiger partial charge >= 0.3 is 0 Å². The summed E-state index contributed by atoms with van der Waals surface area (Å²) in [5, 5.41) is 3.55. The van der Waals surface area contributed by atoms with E-state index in [2.05, 4.69) is 30.4 Å². The average molecular weight is 288 g/mol. The van der Waals surface area contributed by atoms with Gasteiger partial charge in [-0.05, 0) is 37.4 Å². The molecule has 0 bridgehead atoms. The van der Waals surface area contributed by atoms with Crippen molar-refractivity contribution >= 4 is 11.6 Å². The molecule has 0 aliphatic carbocycles. The highest BCUT2D eigenvalue weighted by molar-refractivity contribution is 5.96. The minimum atomic E-state index is 0.0359. The number of carbonyl (C=O) groups is 1. The van der Waals surface area contributed by atoms with Crippen molar-refractivity contribution in [3.05, 3.63) is 29.8 Å². The SMILES string of the molecule is CCNC1CCCN(C(=O)C2CCOC2)c2ccccc21. The Bertz CT molecular complexity index is 497. The number of rotatable bonds is 3. The third-order valence-electron chi connectivity index (χ3n) is 4.47. The van der Waals surface area contributed by atoms with Crippen LogP contribution >= 0.6 is 0 Å². The van der Waals surface area contributed by atoms with Gasteiger partial charge in [-0.25, -0.2) is 0 Å². The van der Waals surface area contributed by atoms with Gasteiger partial charge < -0.3 is 15.0 Å². The van der Waals surface area contributed by atoms with Crippen LogP contribution < -0.4 is 10.2 Å². The lowest BCUT2D eigenvalue weighted by Gasteiger charge is -2.26. The van der Waals surface area contributed by atoms with Gasteiger partial charge in [-0.15, -0.1) is 0 Å². The smallest absolute Gasteiger partial charge is 0.232 e. The third-order valence-corrected chi connectivity index (χ3v) is 4.47. The van der Waals surface area contributed by atoms with Crippen LogP contribution in [-0.4, -0.2) is 32.2 Å². The quantitative estimate of drug-likeness (QED) is 0.929. The second-order valence-corrected chi connectivity index (χ2v) is 5.86. The van der Waals surface area contributed by atoms with Crippen molar-refractivity contribution in [1.29, 1.82) is 0 Å². The van der Waals surface area contributed by atoms with E-state index in [1.807, 2.05) is 11.0 Å². The molecule has 1 aromatic carbocycles. The van der Waals surface area contributed by atoms with Crippen molar-refractivity contribution in [2.75, 3.05) is 31.2 Å². The topological polar surface area (TPSA) is 41.6 Å². The van der Waals surface area contributed by atoms with Gasteiger partial charge in [0.25, 0.3) is 0 Å². The van der Waals surface area contributed by atoms with Gasteiger partial charge in [-0.2, -0.15) is 0 Å². The maximum absolute atomic E-state index is 12.8. The highest BCUT2D eigenvalue weighted by Crippen LogP contribution is 2.34. The summed E-state index contributed by atoms with van der Waals surface area (Å²) in [5.74, 6) is 0.269. The highest BCUT2D eigenvalue weighted by atomic mass is 16.5. The molecule has 2 heterocycles. The van der Waals surface area contributed by atoms with Crippen LogP contribution in [0.5, 0.6) is 0 Å². The molecule has 0 saturated carbocycles. The molecular formula is C17H24N2O2. The fraction of sp³-hybridized carbons (Fsp3) is 0.588. The lowest BCUT2D eigenvalue weighted by Crippen LogP contribution is -2.37. The summed E-state index contributed by atoms with van der Waals surface area (Å²) in [4.78, 5) is 14.8. The van der Waals surface area contributed by atoms with Gasteiger partial charge in [-0.1, -0.05) is 25.1 Å². The molecule has 4 nitrogen and oxygen atoms in total. The minimum absolute atomic E-state index is 0.0359. The second kappa shape index (κ2) is 6.58. The fourth-order valence-corrected chi connectivity index (χ4v) is 3.39. The van der Waals surface area contributed by atoms with Crippen LogP contribution in [0.3, 0.4) is 0 Å². The Kier molecular flexibility index (Phi) is 4.56. The van der Waals surface area contributed by atoms with Crippen molar-refractivity contribution in [2.24, 2.45) is 5.92 Å². The summed E-state index contributed by atoms with van der Waals surface area (Å²) in [5.41, 5.74) is 2.34. The average Bonchev–Trinajstić information content (AvgIpc) is 2.98. The van der Waals surface area contributed by atoms with E-state index < -0.39 is 0 Å². The van der Waals surface area contributed by atoms with E-state index in [4.69, 9.17) is 4.74 Å². The molecular weight excluding hydrogens is 264 g/mol. The van der Waals surface area contributed by atoms with E-state index in [0.29, 0.717) is 19.3 Å². The zero-order chi connectivity index (χ0) is 14.7. The van der Waals surface area contributed by atoms with E-state index in [1.165, 1.54) is 5.56 Å². The Morgan fingerprint density at radius 1 is 1.38 bits per heavy atom. The van der Waals surface area contributed by atoms with Crippen LogP contribution in [0.4, 0.5) is 5.69 Å². The first-order valence-electron chi connectivity index (χ1n) is 8.02. The van der Waals surface area contributed by atoms with E-state index in [1.54, 1.807) is 0 Å². The molecule has 21 heavy (non-hydrogen) atoms. The molecule has 0 aromatic heterocycles. The molecule has 2 unspecified atom stereocenters. The van der Waals surface area contributed by atoms with Crippen molar-refractivity contribution in [3.8, 4) is 0 Å². The number of nitrogens with zero attached hydrogens (tertiary/aromatic N) is 1. The number of para-hydroxylation sites is 1. The fourth-order valence-electron chi connectivity index (χ4n) is 3.39. The largest absolute Gasteiger partial charge is 0.381 e. The van der Waals surface area contributed by atoms with Crippen LogP contribution in [0.2, 0.25) is 0 Å². The monoisotopic (exact) mass is 288 g/mol. The predicted octanol–water partition coefficient (Wildman–Crippen LogP) is 2.50. The Labute approximate surface area is 126 Å². The van der Waals surface area contributed by atoms with Gasteiger partial charge in [0, 0.05) is 24.9 Å². The maximum Gasteiger partial charge on any atom is 0.232 e. The van der Waals surface area contributed by atoms with E-state index in [0.717, 1.165) is 38.0 Å². The lowest BCUT2D eigenvalue weighted by atomic mass is 10.0. The van der Waals surface area contributed by atoms with E-state index in [-0.39, 0.29) is 11.8 Å². The predicted molar refractivity (Wildman–Crippen MR) is 83.4 cm³/mol. The number of hydrogen-bond acceptors (Lipinski definition) is 3. The van der Waals surface area contributed by atoms with Gasteiger partial charge in [0.2, 0.25) is 5.91 Å². The molecule has 1 N–H and O–H groups in total. The number of benzene rings is 1. The van der Waals surface area contributed by atoms with Crippen LogP contribution in [0, 0.1) is 5.92 Å². The number of nitrogens with one attached hydrogen (secondary N) is 1. The molecule has 3 rings (SSSR count). The van der Waals surface area contributed by atoms with Gasteiger partial charge in [0.1, 0.15) is 0 Å². The Hall–Kier alpha value is -1.39. The summed E-state index contributed by atoms with van der Waals surface area (Å²) in [6, 6.07) is 8.68. The lowest BCUT2D eigenvalue weighted by molar-refractivity contribution is -0.122. The van der Waals surface area contributed by atoms with Crippen LogP contribution in [0.15, 0.2) is 24.3 Å². The van der Waals surface area contributed by atoms with Crippen LogP contribution in [0.1, 0.15) is 37.8 Å². The van der Waals surface area contributed by atoms with E-state index >= 15 is 0 Å². The summed E-state index contributed by atoms with van der Waals surface area (Å²) in [7, 11) is 0. The van der Waals surface area contributed by atoms with Crippen LogP contribution in [0.25, 0.3) is 0 Å². The molecule has 114 valence electrons. The molecule has 2 aliphatic heterocycles. The van der Waals surface area contributed by atoms with Gasteiger partial charge in [0.15, 0.2) is 0 Å². The van der Waals surface area contributed by atoms with E-state index in [9.17, 15) is 4.79 Å². The Morgan fingerprint density at radius 3 is 3.00 bits per heavy atom. The zero-order valence-corrected chi connectivity index (χ0v) is 12.7. The molecule has 1 fully saturated rings. The van der Waals surface area contributed by atoms with Crippen molar-refractivity contribution in [3.63, 3.8) is 0 Å². The first-order valence-corrected chi connectivity index (χ1v) is 8.02. The van der Waals surface area contributed by atoms with Crippen LogP contribution in [-0.2, 0) is 9.53 Å². The first-order chi connectivity index (χ1) is 10.3. The maximum atomic E-state index is 12.8. The Balaban J connectivity index is 1.90. The number of anilines is 1. The van der Waals surface area contributed by atoms with Gasteiger partial charge in [0.05, 0.1) is 12.5 Å². The number of ether oxygens (including phenoxy) is 1. The minimum Gasteiger partial charge on any atom is -0.381 e. The molecule has 2 aliphatic rings. The summed E-state index contributed by atoms with van der Waals surface area (Å²) in [6.45, 7) is 5.18. The summed E-state index contributed by atoms with van der Waals surface area (Å²) < 4.78 is 5.39. The molecule has 0 spiro atoms. The van der Waals surface area contributed by atoms with Crippen molar-refractivity contribution in [1.82, 2.24) is 5.32 Å². The number of amides is 1. The number of carbonyl (C=O) groups excluding carboxylic acids is 1. The summed E-state index contributed by atoms with van der Waals surface area (Å²) in [6.07, 6.45) is 2.97. The first kappa shape index (κ1) is 14.5. The molecule has 0 radical (unpaired) electrons. The normalized spacial score (nSPS) is 25.5. The zero-order valence-electron chi connectivity index (χ0n) is 12.7. The molecule has 1 aromatic rings. The third kappa shape index (κ3) is 2.97. The molecule has 1 amide bonds. The summed E-state index contributed by atoms with van der Waals surface area (Å²) >= 11 is 0. The molecule has 1 saturated heterocycles. The molecule has 2 atom stereocenters. The standard InChI is InChI=1S/C17H24N2O2/c1-2-18-15-7-5-10-19(16-8-4-3-6-14(15)16)17(20)13-9-11-21-12-13/h3-4,6,8,13,15,18H,2,5,7,9-12H2,1H3. The second-order valence-electron chi connectivity index (χ2n) is 5.86. The number of fused-ring (bicyclic) bond motifs is 1. The van der Waals surface area contributed by atoms with Crippen molar-refractivity contribution in [2.45, 2.75) is 32.2 Å². The highest BCUT2D eigenvalue weighted by Gasteiger charge is 2.32. The van der Waals surface area contributed by atoms with Gasteiger partial charge in [-0.3, -0.25) is 4.79 Å². The molecule has 4 heteroatoms. The Morgan fingerprint density at radius 2 is 2.24 bits per heavy atom. The van der Waals surface area contributed by atoms with Crippen molar-refractivity contribution < 1.29 is 9.53 Å². The number of hydrogen-bond donors (Lipinski definition) is 1.